The van der Waals surface area contributed by atoms with Crippen molar-refractivity contribution in [3.63, 3.8) is 0 Å². The molecule has 1 aliphatic heterocycles. The first-order valence-electron chi connectivity index (χ1n) is 5.23. The molecule has 0 saturated carbocycles. The summed E-state index contributed by atoms with van der Waals surface area (Å²) in [6.45, 7) is 2.78. The average Bonchev–Trinajstić information content (AvgIpc) is 2.28. The fourth-order valence-corrected chi connectivity index (χ4v) is 2.67. The lowest BCUT2D eigenvalue weighted by Gasteiger charge is -2.30. The molecule has 1 fully saturated rings. The van der Waals surface area contributed by atoms with Crippen LogP contribution in [0.25, 0.3) is 0 Å². The van der Waals surface area contributed by atoms with Gasteiger partial charge >= 0.3 is 0 Å². The maximum Gasteiger partial charge on any atom is 0.150 e. The smallest absolute Gasteiger partial charge is 0.150 e. The Bertz CT molecular complexity index is 336. The van der Waals surface area contributed by atoms with Gasteiger partial charge in [0.1, 0.15) is 9.84 Å². The highest BCUT2D eigenvalue weighted by Gasteiger charge is 2.33. The van der Waals surface area contributed by atoms with Crippen LogP contribution < -0.4 is 0 Å². The Labute approximate surface area is 91.1 Å². The predicted molar refractivity (Wildman–Crippen MR) is 57.0 cm³/mol. The third-order valence-electron chi connectivity index (χ3n) is 3.02. The molecule has 5 heteroatoms. The highest BCUT2D eigenvalue weighted by Crippen LogP contribution is 2.33. The van der Waals surface area contributed by atoms with Crippen LogP contribution in [0.2, 0.25) is 0 Å². The van der Waals surface area contributed by atoms with Gasteiger partial charge in [0.15, 0.2) is 0 Å². The molecule has 0 aromatic rings. The molecule has 15 heavy (non-hydrogen) atoms. The Morgan fingerprint density at radius 2 is 2.00 bits per heavy atom. The van der Waals surface area contributed by atoms with E-state index in [4.69, 9.17) is 10.00 Å². The van der Waals surface area contributed by atoms with Gasteiger partial charge in [0, 0.05) is 19.0 Å². The van der Waals surface area contributed by atoms with Gasteiger partial charge in [-0.05, 0) is 19.3 Å². The lowest BCUT2D eigenvalue weighted by Crippen LogP contribution is -2.30. The first-order chi connectivity index (χ1) is 7.04. The van der Waals surface area contributed by atoms with Crippen LogP contribution in [0.15, 0.2) is 0 Å². The molecule has 0 radical (unpaired) electrons. The van der Waals surface area contributed by atoms with E-state index in [9.17, 15) is 8.42 Å². The normalized spacial score (nSPS) is 20.8. The fraction of sp³-hybridized carbons (Fsp3) is 0.900. The third-order valence-corrected chi connectivity index (χ3v) is 4.72. The first kappa shape index (κ1) is 12.5. The molecule has 0 atom stereocenters. The van der Waals surface area contributed by atoms with Crippen molar-refractivity contribution in [2.75, 3.05) is 24.7 Å². The summed E-state index contributed by atoms with van der Waals surface area (Å²) in [4.78, 5) is 0. The standard InChI is InChI=1S/C10H17NO3S/c1-2-15(12,13)8-5-10(9-11)3-6-14-7-4-10/h2-8H2,1H3. The van der Waals surface area contributed by atoms with Gasteiger partial charge in [0.25, 0.3) is 0 Å². The van der Waals surface area contributed by atoms with Gasteiger partial charge in [-0.25, -0.2) is 8.42 Å². The van der Waals surface area contributed by atoms with Crippen LogP contribution in [-0.4, -0.2) is 33.1 Å². The molecule has 1 heterocycles. The van der Waals surface area contributed by atoms with Gasteiger partial charge in [0.05, 0.1) is 17.2 Å². The molecule has 1 saturated heterocycles. The van der Waals surface area contributed by atoms with E-state index in [0.29, 0.717) is 32.5 Å². The summed E-state index contributed by atoms with van der Waals surface area (Å²) in [6, 6.07) is 2.27. The van der Waals surface area contributed by atoms with E-state index in [1.54, 1.807) is 6.92 Å². The second kappa shape index (κ2) is 4.95. The molecular formula is C10H17NO3S. The summed E-state index contributed by atoms with van der Waals surface area (Å²) in [6.07, 6.45) is 1.76. The fourth-order valence-electron chi connectivity index (χ4n) is 1.68. The summed E-state index contributed by atoms with van der Waals surface area (Å²) >= 11 is 0. The molecule has 0 N–H and O–H groups in total. The van der Waals surface area contributed by atoms with Gasteiger partial charge in [-0.15, -0.1) is 0 Å². The van der Waals surface area contributed by atoms with Gasteiger partial charge in [-0.3, -0.25) is 0 Å². The zero-order valence-corrected chi connectivity index (χ0v) is 9.85. The zero-order valence-electron chi connectivity index (χ0n) is 9.03. The molecule has 0 spiro atoms. The number of sulfone groups is 1. The monoisotopic (exact) mass is 231 g/mol. The van der Waals surface area contributed by atoms with Crippen molar-refractivity contribution in [3.8, 4) is 6.07 Å². The molecule has 86 valence electrons. The molecule has 1 rings (SSSR count). The van der Waals surface area contributed by atoms with Gasteiger partial charge in [-0.1, -0.05) is 6.92 Å². The second-order valence-electron chi connectivity index (χ2n) is 3.99. The Kier molecular flexibility index (Phi) is 4.12. The second-order valence-corrected chi connectivity index (χ2v) is 6.46. The number of nitrogens with zero attached hydrogens (tertiary/aromatic N) is 1. The Hall–Kier alpha value is -0.600. The van der Waals surface area contributed by atoms with Crippen LogP contribution in [0.1, 0.15) is 26.2 Å². The molecule has 0 aromatic heterocycles. The number of ether oxygens (including phenoxy) is 1. The van der Waals surface area contributed by atoms with E-state index in [-0.39, 0.29) is 11.5 Å². The van der Waals surface area contributed by atoms with E-state index >= 15 is 0 Å². The summed E-state index contributed by atoms with van der Waals surface area (Å²) < 4.78 is 27.9. The summed E-state index contributed by atoms with van der Waals surface area (Å²) in [5.74, 6) is 0.280. The van der Waals surface area contributed by atoms with Crippen molar-refractivity contribution < 1.29 is 13.2 Å². The van der Waals surface area contributed by atoms with Crippen LogP contribution in [0, 0.1) is 16.7 Å². The van der Waals surface area contributed by atoms with Crippen molar-refractivity contribution in [2.45, 2.75) is 26.2 Å². The van der Waals surface area contributed by atoms with Crippen molar-refractivity contribution in [1.29, 1.82) is 5.26 Å². The number of rotatable bonds is 4. The minimum atomic E-state index is -2.96. The van der Waals surface area contributed by atoms with Crippen LogP contribution in [-0.2, 0) is 14.6 Å². The van der Waals surface area contributed by atoms with Crippen LogP contribution in [0.4, 0.5) is 0 Å². The average molecular weight is 231 g/mol. The van der Waals surface area contributed by atoms with Gasteiger partial charge < -0.3 is 4.74 Å². The molecule has 0 amide bonds. The molecular weight excluding hydrogens is 214 g/mol. The topological polar surface area (TPSA) is 67.2 Å². The van der Waals surface area contributed by atoms with Crippen molar-refractivity contribution in [3.05, 3.63) is 0 Å². The van der Waals surface area contributed by atoms with Crippen molar-refractivity contribution in [2.24, 2.45) is 5.41 Å². The molecule has 4 nitrogen and oxygen atoms in total. The maximum atomic E-state index is 11.4. The number of nitriles is 1. The van der Waals surface area contributed by atoms with Crippen LogP contribution >= 0.6 is 0 Å². The maximum absolute atomic E-state index is 11.4. The zero-order chi connectivity index (χ0) is 11.4. The molecule has 0 aromatic carbocycles. The molecule has 0 unspecified atom stereocenters. The minimum absolute atomic E-state index is 0.122. The summed E-state index contributed by atoms with van der Waals surface area (Å²) in [5, 5.41) is 9.11. The van der Waals surface area contributed by atoms with Crippen LogP contribution in [0.5, 0.6) is 0 Å². The minimum Gasteiger partial charge on any atom is -0.381 e. The van der Waals surface area contributed by atoms with Gasteiger partial charge in [-0.2, -0.15) is 5.26 Å². The largest absolute Gasteiger partial charge is 0.381 e. The SMILES string of the molecule is CCS(=O)(=O)CCC1(C#N)CCOCC1. The third kappa shape index (κ3) is 3.47. The Morgan fingerprint density at radius 3 is 2.47 bits per heavy atom. The van der Waals surface area contributed by atoms with E-state index in [0.717, 1.165) is 0 Å². The summed E-state index contributed by atoms with van der Waals surface area (Å²) in [5.41, 5.74) is -0.472. The van der Waals surface area contributed by atoms with E-state index in [1.165, 1.54) is 0 Å². The van der Waals surface area contributed by atoms with E-state index < -0.39 is 15.3 Å². The molecule has 0 bridgehead atoms. The highest BCUT2D eigenvalue weighted by atomic mass is 32.2. The predicted octanol–water partition coefficient (Wildman–Crippen LogP) is 1.13. The lowest BCUT2D eigenvalue weighted by atomic mass is 9.79. The van der Waals surface area contributed by atoms with Crippen molar-refractivity contribution >= 4 is 9.84 Å². The number of hydrogen-bond acceptors (Lipinski definition) is 4. The quantitative estimate of drug-likeness (QED) is 0.727. The Balaban J connectivity index is 2.58. The highest BCUT2D eigenvalue weighted by molar-refractivity contribution is 7.91. The van der Waals surface area contributed by atoms with E-state index in [2.05, 4.69) is 6.07 Å². The van der Waals surface area contributed by atoms with Gasteiger partial charge in [0.2, 0.25) is 0 Å². The summed E-state index contributed by atoms with van der Waals surface area (Å²) in [7, 11) is -2.96. The first-order valence-corrected chi connectivity index (χ1v) is 7.05. The molecule has 1 aliphatic rings. The molecule has 0 aliphatic carbocycles. The van der Waals surface area contributed by atoms with Crippen molar-refractivity contribution in [1.82, 2.24) is 0 Å². The van der Waals surface area contributed by atoms with Crippen LogP contribution in [0.3, 0.4) is 0 Å². The lowest BCUT2D eigenvalue weighted by molar-refractivity contribution is 0.0393. The Morgan fingerprint density at radius 1 is 1.40 bits per heavy atom. The van der Waals surface area contributed by atoms with E-state index in [1.807, 2.05) is 0 Å². The number of hydrogen-bond donors (Lipinski definition) is 0.